The van der Waals surface area contributed by atoms with E-state index < -0.39 is 0 Å². The number of aryl methyl sites for hydroxylation is 1. The zero-order valence-electron chi connectivity index (χ0n) is 9.01. The van der Waals surface area contributed by atoms with Crippen LogP contribution in [0.1, 0.15) is 24.2 Å². The molecule has 0 bridgehead atoms. The van der Waals surface area contributed by atoms with Crippen LogP contribution >= 0.6 is 0 Å². The maximum atomic E-state index is 5.92. The molecule has 0 aliphatic carbocycles. The third-order valence-electron chi connectivity index (χ3n) is 2.40. The van der Waals surface area contributed by atoms with Gasteiger partial charge in [0.1, 0.15) is 0 Å². The van der Waals surface area contributed by atoms with Gasteiger partial charge in [-0.2, -0.15) is 5.10 Å². The predicted molar refractivity (Wildman–Crippen MR) is 60.9 cm³/mol. The topological polar surface area (TPSA) is 43.8 Å². The number of hydrogen-bond acceptors (Lipinski definition) is 2. The Morgan fingerprint density at radius 3 is 2.60 bits per heavy atom. The Morgan fingerprint density at radius 1 is 1.27 bits per heavy atom. The third-order valence-corrected chi connectivity index (χ3v) is 2.40. The van der Waals surface area contributed by atoms with Crippen LogP contribution in [0.5, 0.6) is 0 Å². The molecule has 3 nitrogen and oxygen atoms in total. The highest BCUT2D eigenvalue weighted by Crippen LogP contribution is 2.19. The van der Waals surface area contributed by atoms with Gasteiger partial charge < -0.3 is 5.73 Å². The SMILES string of the molecule is Cc1ccn(-c2ccccc2[C@H](C)N)n1. The predicted octanol–water partition coefficient (Wildman–Crippen LogP) is 2.20. The van der Waals surface area contributed by atoms with E-state index in [1.165, 1.54) is 0 Å². The van der Waals surface area contributed by atoms with Gasteiger partial charge in [0.2, 0.25) is 0 Å². The second kappa shape index (κ2) is 3.87. The van der Waals surface area contributed by atoms with Gasteiger partial charge in [-0.25, -0.2) is 4.68 Å². The smallest absolute Gasteiger partial charge is 0.0693 e. The summed E-state index contributed by atoms with van der Waals surface area (Å²) in [6.07, 6.45) is 1.95. The Hall–Kier alpha value is -1.61. The number of aromatic nitrogens is 2. The van der Waals surface area contributed by atoms with Crippen molar-refractivity contribution >= 4 is 0 Å². The highest BCUT2D eigenvalue weighted by atomic mass is 15.3. The average molecular weight is 201 g/mol. The fourth-order valence-corrected chi connectivity index (χ4v) is 1.63. The van der Waals surface area contributed by atoms with Crippen LogP contribution in [0, 0.1) is 6.92 Å². The molecule has 0 amide bonds. The number of nitrogens with zero attached hydrogens (tertiary/aromatic N) is 2. The number of hydrogen-bond donors (Lipinski definition) is 1. The Morgan fingerprint density at radius 2 is 2.00 bits per heavy atom. The first-order valence-corrected chi connectivity index (χ1v) is 5.05. The number of para-hydroxylation sites is 1. The lowest BCUT2D eigenvalue weighted by Crippen LogP contribution is -2.10. The highest BCUT2D eigenvalue weighted by Gasteiger charge is 2.07. The summed E-state index contributed by atoms with van der Waals surface area (Å²) in [5.74, 6) is 0. The second-order valence-corrected chi connectivity index (χ2v) is 3.75. The zero-order valence-corrected chi connectivity index (χ0v) is 9.01. The first-order valence-electron chi connectivity index (χ1n) is 5.05. The molecule has 15 heavy (non-hydrogen) atoms. The van der Waals surface area contributed by atoms with Crippen molar-refractivity contribution in [2.45, 2.75) is 19.9 Å². The van der Waals surface area contributed by atoms with Crippen molar-refractivity contribution in [1.29, 1.82) is 0 Å². The van der Waals surface area contributed by atoms with Gasteiger partial charge in [-0.3, -0.25) is 0 Å². The van der Waals surface area contributed by atoms with Gasteiger partial charge in [0.15, 0.2) is 0 Å². The van der Waals surface area contributed by atoms with E-state index in [0.29, 0.717) is 0 Å². The molecule has 1 aromatic carbocycles. The largest absolute Gasteiger partial charge is 0.324 e. The lowest BCUT2D eigenvalue weighted by molar-refractivity contribution is 0.777. The lowest BCUT2D eigenvalue weighted by Gasteiger charge is -2.12. The van der Waals surface area contributed by atoms with E-state index in [4.69, 9.17) is 5.73 Å². The fourth-order valence-electron chi connectivity index (χ4n) is 1.63. The zero-order chi connectivity index (χ0) is 10.8. The summed E-state index contributed by atoms with van der Waals surface area (Å²) in [6.45, 7) is 3.96. The maximum Gasteiger partial charge on any atom is 0.0693 e. The van der Waals surface area contributed by atoms with Crippen LogP contribution in [-0.2, 0) is 0 Å². The third kappa shape index (κ3) is 1.92. The molecule has 0 saturated heterocycles. The molecule has 0 aliphatic rings. The van der Waals surface area contributed by atoms with Crippen LogP contribution in [0.15, 0.2) is 36.5 Å². The summed E-state index contributed by atoms with van der Waals surface area (Å²) in [7, 11) is 0. The molecule has 78 valence electrons. The molecule has 1 heterocycles. The molecule has 1 aromatic heterocycles. The molecule has 3 heteroatoms. The summed E-state index contributed by atoms with van der Waals surface area (Å²) >= 11 is 0. The normalized spacial score (nSPS) is 12.7. The molecule has 0 fully saturated rings. The van der Waals surface area contributed by atoms with Gasteiger partial charge in [-0.1, -0.05) is 18.2 Å². The molecule has 0 radical (unpaired) electrons. The van der Waals surface area contributed by atoms with Crippen molar-refractivity contribution in [3.8, 4) is 5.69 Å². The van der Waals surface area contributed by atoms with Crippen molar-refractivity contribution in [3.05, 3.63) is 47.8 Å². The molecular weight excluding hydrogens is 186 g/mol. The Kier molecular flexibility index (Phi) is 2.56. The summed E-state index contributed by atoms with van der Waals surface area (Å²) in [5, 5.41) is 4.39. The number of benzene rings is 1. The van der Waals surface area contributed by atoms with E-state index in [9.17, 15) is 0 Å². The molecular formula is C12H15N3. The van der Waals surface area contributed by atoms with Gasteiger partial charge in [-0.05, 0) is 31.5 Å². The molecule has 1 atom stereocenters. The second-order valence-electron chi connectivity index (χ2n) is 3.75. The van der Waals surface area contributed by atoms with E-state index >= 15 is 0 Å². The highest BCUT2D eigenvalue weighted by molar-refractivity contribution is 5.42. The monoisotopic (exact) mass is 201 g/mol. The van der Waals surface area contributed by atoms with Gasteiger partial charge in [0, 0.05) is 12.2 Å². The van der Waals surface area contributed by atoms with Crippen molar-refractivity contribution in [2.75, 3.05) is 0 Å². The van der Waals surface area contributed by atoms with Crippen LogP contribution in [0.3, 0.4) is 0 Å². The number of nitrogens with two attached hydrogens (primary N) is 1. The van der Waals surface area contributed by atoms with Crippen LogP contribution in [0.25, 0.3) is 5.69 Å². The minimum Gasteiger partial charge on any atom is -0.324 e. The molecule has 0 spiro atoms. The Bertz CT molecular complexity index is 457. The quantitative estimate of drug-likeness (QED) is 0.809. The number of rotatable bonds is 2. The van der Waals surface area contributed by atoms with Gasteiger partial charge in [-0.15, -0.1) is 0 Å². The van der Waals surface area contributed by atoms with E-state index in [1.54, 1.807) is 0 Å². The van der Waals surface area contributed by atoms with Gasteiger partial charge in [0.25, 0.3) is 0 Å². The van der Waals surface area contributed by atoms with E-state index in [2.05, 4.69) is 5.10 Å². The molecule has 0 unspecified atom stereocenters. The first-order chi connectivity index (χ1) is 7.18. The van der Waals surface area contributed by atoms with Gasteiger partial charge >= 0.3 is 0 Å². The van der Waals surface area contributed by atoms with Crippen LogP contribution in [0.4, 0.5) is 0 Å². The minimum absolute atomic E-state index is 0.0192. The van der Waals surface area contributed by atoms with E-state index in [0.717, 1.165) is 16.9 Å². The van der Waals surface area contributed by atoms with Crippen molar-refractivity contribution in [3.63, 3.8) is 0 Å². The summed E-state index contributed by atoms with van der Waals surface area (Å²) in [6, 6.07) is 10.1. The van der Waals surface area contributed by atoms with Crippen LogP contribution < -0.4 is 5.73 Å². The first kappa shape index (κ1) is 9.93. The standard InChI is InChI=1S/C12H15N3/c1-9-7-8-15(14-9)12-6-4-3-5-11(12)10(2)13/h3-8,10H,13H2,1-2H3/t10-/m0/s1. The minimum atomic E-state index is 0.0192. The Balaban J connectivity index is 2.52. The Labute approximate surface area is 89.5 Å². The molecule has 2 N–H and O–H groups in total. The van der Waals surface area contributed by atoms with Crippen molar-refractivity contribution < 1.29 is 0 Å². The molecule has 0 aliphatic heterocycles. The van der Waals surface area contributed by atoms with Gasteiger partial charge in [0.05, 0.1) is 11.4 Å². The summed E-state index contributed by atoms with van der Waals surface area (Å²) < 4.78 is 1.87. The van der Waals surface area contributed by atoms with Crippen molar-refractivity contribution in [2.24, 2.45) is 5.73 Å². The van der Waals surface area contributed by atoms with E-state index in [1.807, 2.05) is 55.1 Å². The lowest BCUT2D eigenvalue weighted by atomic mass is 10.1. The average Bonchev–Trinajstić information content (AvgIpc) is 2.65. The fraction of sp³-hybridized carbons (Fsp3) is 0.250. The molecule has 0 saturated carbocycles. The molecule has 2 aromatic rings. The van der Waals surface area contributed by atoms with E-state index in [-0.39, 0.29) is 6.04 Å². The van der Waals surface area contributed by atoms with Crippen LogP contribution in [-0.4, -0.2) is 9.78 Å². The summed E-state index contributed by atoms with van der Waals surface area (Å²) in [5.41, 5.74) is 9.09. The summed E-state index contributed by atoms with van der Waals surface area (Å²) in [4.78, 5) is 0. The maximum absolute atomic E-state index is 5.92. The van der Waals surface area contributed by atoms with Crippen molar-refractivity contribution in [1.82, 2.24) is 9.78 Å². The molecule has 2 rings (SSSR count). The van der Waals surface area contributed by atoms with Crippen LogP contribution in [0.2, 0.25) is 0 Å².